The van der Waals surface area contributed by atoms with E-state index in [4.69, 9.17) is 4.42 Å². The maximum Gasteiger partial charge on any atom is 0.289 e. The van der Waals surface area contributed by atoms with Gasteiger partial charge in [0.15, 0.2) is 11.4 Å². The third kappa shape index (κ3) is 3.75. The molecule has 3 aromatic heterocycles. The largest absolute Gasteiger partial charge is 0.451 e. The van der Waals surface area contributed by atoms with Gasteiger partial charge in [0.05, 0.1) is 6.42 Å². The molecule has 1 aliphatic heterocycles. The topological polar surface area (TPSA) is 84.0 Å². The quantitative estimate of drug-likeness (QED) is 0.498. The van der Waals surface area contributed by atoms with Crippen molar-refractivity contribution >= 4 is 34.0 Å². The number of nitrogens with zero attached hydrogens (tertiary/aromatic N) is 5. The SMILES string of the molecule is CN(C)C(=O)c1cc2cc(C3=CCCN(C(=O)Cc4ccc5ncnn5c4)C3)ccc2o1. The number of hydrogen-bond acceptors (Lipinski definition) is 5. The van der Waals surface area contributed by atoms with E-state index < -0.39 is 0 Å². The van der Waals surface area contributed by atoms with Crippen LogP contribution in [-0.4, -0.2) is 63.4 Å². The summed E-state index contributed by atoms with van der Waals surface area (Å²) >= 11 is 0. The molecule has 0 radical (unpaired) electrons. The normalized spacial score (nSPS) is 14.1. The van der Waals surface area contributed by atoms with E-state index in [9.17, 15) is 9.59 Å². The molecule has 2 amide bonds. The van der Waals surface area contributed by atoms with E-state index in [1.54, 1.807) is 24.7 Å². The van der Waals surface area contributed by atoms with Crippen LogP contribution in [0.1, 0.15) is 28.1 Å². The summed E-state index contributed by atoms with van der Waals surface area (Å²) in [6.45, 7) is 1.25. The van der Waals surface area contributed by atoms with Gasteiger partial charge in [-0.25, -0.2) is 9.50 Å². The maximum absolute atomic E-state index is 13.0. The molecule has 5 rings (SSSR count). The molecule has 0 unspecified atom stereocenters. The average molecular weight is 429 g/mol. The number of rotatable bonds is 4. The zero-order chi connectivity index (χ0) is 22.2. The lowest BCUT2D eigenvalue weighted by molar-refractivity contribution is -0.129. The van der Waals surface area contributed by atoms with E-state index in [1.165, 1.54) is 11.2 Å². The summed E-state index contributed by atoms with van der Waals surface area (Å²) in [5.41, 5.74) is 4.46. The molecule has 162 valence electrons. The molecule has 0 spiro atoms. The van der Waals surface area contributed by atoms with Gasteiger partial charge < -0.3 is 14.2 Å². The van der Waals surface area contributed by atoms with E-state index in [-0.39, 0.29) is 11.8 Å². The molecule has 0 saturated heterocycles. The third-order valence-corrected chi connectivity index (χ3v) is 5.70. The van der Waals surface area contributed by atoms with Crippen LogP contribution < -0.4 is 0 Å². The number of pyridine rings is 1. The van der Waals surface area contributed by atoms with Gasteiger partial charge in [0.1, 0.15) is 11.9 Å². The van der Waals surface area contributed by atoms with Crippen LogP contribution in [-0.2, 0) is 11.2 Å². The number of carbonyl (C=O) groups is 2. The molecule has 0 bridgehead atoms. The lowest BCUT2D eigenvalue weighted by Gasteiger charge is -2.28. The summed E-state index contributed by atoms with van der Waals surface area (Å²) in [4.78, 5) is 32.7. The van der Waals surface area contributed by atoms with Gasteiger partial charge in [0, 0.05) is 38.8 Å². The highest BCUT2D eigenvalue weighted by atomic mass is 16.3. The predicted octanol–water partition coefficient (Wildman–Crippen LogP) is 3.04. The fourth-order valence-corrected chi connectivity index (χ4v) is 3.99. The van der Waals surface area contributed by atoms with Crippen molar-refractivity contribution < 1.29 is 14.0 Å². The number of aromatic nitrogens is 3. The Bertz CT molecular complexity index is 1360. The Kier molecular flexibility index (Phi) is 4.97. The first-order chi connectivity index (χ1) is 15.5. The van der Waals surface area contributed by atoms with Crippen molar-refractivity contribution in [2.24, 2.45) is 0 Å². The minimum atomic E-state index is -0.166. The Morgan fingerprint density at radius 1 is 1.16 bits per heavy atom. The van der Waals surface area contributed by atoms with E-state index in [2.05, 4.69) is 16.2 Å². The van der Waals surface area contributed by atoms with E-state index in [0.29, 0.717) is 30.9 Å². The van der Waals surface area contributed by atoms with Crippen LogP contribution in [0.15, 0.2) is 59.4 Å². The molecule has 0 N–H and O–H groups in total. The van der Waals surface area contributed by atoms with Gasteiger partial charge >= 0.3 is 0 Å². The summed E-state index contributed by atoms with van der Waals surface area (Å²) in [7, 11) is 3.40. The first kappa shape index (κ1) is 20.0. The van der Waals surface area contributed by atoms with Crippen molar-refractivity contribution in [1.82, 2.24) is 24.4 Å². The van der Waals surface area contributed by atoms with Crippen LogP contribution in [0.3, 0.4) is 0 Å². The van der Waals surface area contributed by atoms with Crippen molar-refractivity contribution in [1.29, 1.82) is 0 Å². The van der Waals surface area contributed by atoms with Crippen LogP contribution >= 0.6 is 0 Å². The van der Waals surface area contributed by atoms with Crippen molar-refractivity contribution in [3.63, 3.8) is 0 Å². The highest BCUT2D eigenvalue weighted by molar-refractivity contribution is 5.96. The molecular formula is C24H23N5O3. The molecular weight excluding hydrogens is 406 g/mol. The highest BCUT2D eigenvalue weighted by Gasteiger charge is 2.21. The van der Waals surface area contributed by atoms with Gasteiger partial charge in [0.2, 0.25) is 5.91 Å². The number of carbonyl (C=O) groups excluding carboxylic acids is 2. The number of furan rings is 1. The third-order valence-electron chi connectivity index (χ3n) is 5.70. The molecule has 1 aliphatic rings. The smallest absolute Gasteiger partial charge is 0.289 e. The van der Waals surface area contributed by atoms with Crippen molar-refractivity contribution in [3.05, 3.63) is 71.9 Å². The number of fused-ring (bicyclic) bond motifs is 2. The Morgan fingerprint density at radius 3 is 2.88 bits per heavy atom. The molecule has 4 aromatic rings. The summed E-state index contributed by atoms with van der Waals surface area (Å²) < 4.78 is 7.38. The minimum Gasteiger partial charge on any atom is -0.451 e. The lowest BCUT2D eigenvalue weighted by atomic mass is 9.99. The Labute approximate surface area is 184 Å². The van der Waals surface area contributed by atoms with Crippen LogP contribution in [0.2, 0.25) is 0 Å². The predicted molar refractivity (Wildman–Crippen MR) is 120 cm³/mol. The van der Waals surface area contributed by atoms with Crippen molar-refractivity contribution in [3.8, 4) is 0 Å². The summed E-state index contributed by atoms with van der Waals surface area (Å²) in [6.07, 6.45) is 6.65. The fraction of sp³-hybridized carbons (Fsp3) is 0.250. The summed E-state index contributed by atoms with van der Waals surface area (Å²) in [5, 5.41) is 5.01. The van der Waals surface area contributed by atoms with E-state index >= 15 is 0 Å². The van der Waals surface area contributed by atoms with Crippen LogP contribution in [0.25, 0.3) is 22.2 Å². The van der Waals surface area contributed by atoms with Gasteiger partial charge in [-0.05, 0) is 47.4 Å². The monoisotopic (exact) mass is 429 g/mol. The van der Waals surface area contributed by atoms with Crippen LogP contribution in [0, 0.1) is 0 Å². The maximum atomic E-state index is 13.0. The van der Waals surface area contributed by atoms with Gasteiger partial charge in [-0.3, -0.25) is 9.59 Å². The van der Waals surface area contributed by atoms with E-state index in [1.807, 2.05) is 41.4 Å². The van der Waals surface area contributed by atoms with Gasteiger partial charge in [-0.1, -0.05) is 18.2 Å². The molecule has 0 saturated carbocycles. The highest BCUT2D eigenvalue weighted by Crippen LogP contribution is 2.27. The van der Waals surface area contributed by atoms with Crippen molar-refractivity contribution in [2.75, 3.05) is 27.2 Å². The van der Waals surface area contributed by atoms with Crippen LogP contribution in [0.5, 0.6) is 0 Å². The fourth-order valence-electron chi connectivity index (χ4n) is 3.99. The zero-order valence-electron chi connectivity index (χ0n) is 18.0. The van der Waals surface area contributed by atoms with Crippen molar-refractivity contribution in [2.45, 2.75) is 12.8 Å². The second-order valence-corrected chi connectivity index (χ2v) is 8.17. The average Bonchev–Trinajstić information content (AvgIpc) is 3.44. The summed E-state index contributed by atoms with van der Waals surface area (Å²) in [6, 6.07) is 11.4. The molecule has 1 aromatic carbocycles. The molecule has 8 heteroatoms. The molecule has 0 atom stereocenters. The standard InChI is InChI=1S/C24H23N5O3/c1-27(2)24(31)21-12-19-11-17(6-7-20(19)32-21)18-4-3-9-28(14-18)23(30)10-16-5-8-22-25-15-26-29(22)13-16/h4-8,11-13,15H,3,9-10,14H2,1-2H3. The summed E-state index contributed by atoms with van der Waals surface area (Å²) in [5.74, 6) is 0.236. The Balaban J connectivity index is 1.32. The number of amides is 2. The molecule has 8 nitrogen and oxygen atoms in total. The Hall–Kier alpha value is -3.94. The molecule has 4 heterocycles. The number of hydrogen-bond donors (Lipinski definition) is 0. The van der Waals surface area contributed by atoms with Gasteiger partial charge in [0.25, 0.3) is 5.91 Å². The zero-order valence-corrected chi connectivity index (χ0v) is 18.0. The second-order valence-electron chi connectivity index (χ2n) is 8.17. The first-order valence-electron chi connectivity index (χ1n) is 10.5. The lowest BCUT2D eigenvalue weighted by Crippen LogP contribution is -2.36. The van der Waals surface area contributed by atoms with E-state index in [0.717, 1.165) is 34.2 Å². The molecule has 32 heavy (non-hydrogen) atoms. The molecule has 0 aliphatic carbocycles. The second kappa shape index (κ2) is 7.96. The molecule has 0 fully saturated rings. The van der Waals surface area contributed by atoms with Crippen LogP contribution in [0.4, 0.5) is 0 Å². The van der Waals surface area contributed by atoms with Gasteiger partial charge in [-0.15, -0.1) is 0 Å². The number of benzene rings is 1. The minimum absolute atomic E-state index is 0.0818. The Morgan fingerprint density at radius 2 is 2.03 bits per heavy atom. The first-order valence-corrected chi connectivity index (χ1v) is 10.5. The van der Waals surface area contributed by atoms with Gasteiger partial charge in [-0.2, -0.15) is 5.10 Å².